The van der Waals surface area contributed by atoms with E-state index in [0.29, 0.717) is 10.7 Å². The largest absolute Gasteiger partial charge is 0.398 e. The minimum atomic E-state index is 0.565. The second-order valence-electron chi connectivity index (χ2n) is 3.41. The van der Waals surface area contributed by atoms with Gasteiger partial charge in [0.05, 0.1) is 10.7 Å². The average Bonchev–Trinajstić information content (AvgIpc) is 2.61. The SMILES string of the molecule is Cc1cc(N)c(Cl)cc1Sc1ncnn1C. The van der Waals surface area contributed by atoms with Crippen LogP contribution in [0.15, 0.2) is 28.5 Å². The molecule has 0 aliphatic carbocycles. The molecule has 0 aliphatic rings. The highest BCUT2D eigenvalue weighted by Gasteiger charge is 2.08. The number of nitrogens with two attached hydrogens (primary N) is 1. The molecule has 2 rings (SSSR count). The monoisotopic (exact) mass is 254 g/mol. The average molecular weight is 255 g/mol. The molecule has 84 valence electrons. The van der Waals surface area contributed by atoms with Gasteiger partial charge in [-0.15, -0.1) is 0 Å². The van der Waals surface area contributed by atoms with Crippen LogP contribution in [0.4, 0.5) is 5.69 Å². The van der Waals surface area contributed by atoms with Crippen LogP contribution in [0.3, 0.4) is 0 Å². The number of halogens is 1. The minimum Gasteiger partial charge on any atom is -0.398 e. The van der Waals surface area contributed by atoms with Gasteiger partial charge < -0.3 is 5.73 Å². The lowest BCUT2D eigenvalue weighted by atomic mass is 10.2. The van der Waals surface area contributed by atoms with Crippen LogP contribution < -0.4 is 5.73 Å². The van der Waals surface area contributed by atoms with E-state index in [0.717, 1.165) is 15.6 Å². The molecule has 0 fully saturated rings. The number of aromatic nitrogens is 3. The maximum Gasteiger partial charge on any atom is 0.190 e. The van der Waals surface area contributed by atoms with Gasteiger partial charge in [-0.2, -0.15) is 5.10 Å². The number of hydrogen-bond acceptors (Lipinski definition) is 4. The molecule has 0 saturated carbocycles. The molecule has 2 aromatic rings. The molecule has 0 spiro atoms. The van der Waals surface area contributed by atoms with E-state index < -0.39 is 0 Å². The van der Waals surface area contributed by atoms with Gasteiger partial charge in [-0.25, -0.2) is 9.67 Å². The smallest absolute Gasteiger partial charge is 0.190 e. The van der Waals surface area contributed by atoms with E-state index in [-0.39, 0.29) is 0 Å². The van der Waals surface area contributed by atoms with Crippen molar-refractivity contribution in [2.45, 2.75) is 17.0 Å². The molecule has 0 atom stereocenters. The maximum absolute atomic E-state index is 5.98. The molecular weight excluding hydrogens is 244 g/mol. The Labute approximate surface area is 103 Å². The summed E-state index contributed by atoms with van der Waals surface area (Å²) < 4.78 is 1.72. The molecule has 0 aliphatic heterocycles. The summed E-state index contributed by atoms with van der Waals surface area (Å²) in [5.41, 5.74) is 7.40. The van der Waals surface area contributed by atoms with E-state index in [2.05, 4.69) is 10.1 Å². The van der Waals surface area contributed by atoms with Crippen molar-refractivity contribution in [3.63, 3.8) is 0 Å². The molecule has 0 saturated heterocycles. The summed E-state index contributed by atoms with van der Waals surface area (Å²) in [6.07, 6.45) is 1.52. The first kappa shape index (κ1) is 11.3. The lowest BCUT2D eigenvalue weighted by molar-refractivity contribution is 0.685. The van der Waals surface area contributed by atoms with Crippen LogP contribution >= 0.6 is 23.4 Å². The number of hydrogen-bond donors (Lipinski definition) is 1. The molecule has 1 aromatic carbocycles. The Hall–Kier alpha value is -1.20. The van der Waals surface area contributed by atoms with E-state index in [1.807, 2.05) is 26.1 Å². The zero-order valence-electron chi connectivity index (χ0n) is 8.94. The molecule has 2 N–H and O–H groups in total. The minimum absolute atomic E-state index is 0.565. The molecule has 1 aromatic heterocycles. The molecule has 0 amide bonds. The van der Waals surface area contributed by atoms with Gasteiger partial charge in [0, 0.05) is 11.9 Å². The van der Waals surface area contributed by atoms with Crippen molar-refractivity contribution >= 4 is 29.1 Å². The van der Waals surface area contributed by atoms with E-state index >= 15 is 0 Å². The van der Waals surface area contributed by atoms with Gasteiger partial charge in [0.15, 0.2) is 5.16 Å². The summed E-state index contributed by atoms with van der Waals surface area (Å²) in [4.78, 5) is 5.18. The summed E-state index contributed by atoms with van der Waals surface area (Å²) in [6, 6.07) is 3.71. The van der Waals surface area contributed by atoms with Crippen LogP contribution in [0.2, 0.25) is 5.02 Å². The summed E-state index contributed by atoms with van der Waals surface area (Å²) in [5, 5.41) is 5.40. The normalized spacial score (nSPS) is 10.7. The summed E-state index contributed by atoms with van der Waals surface area (Å²) >= 11 is 7.50. The standard InChI is InChI=1S/C10H11ClN4S/c1-6-3-8(12)7(11)4-9(6)16-10-13-5-14-15(10)2/h3-5H,12H2,1-2H3. The third-order valence-corrected chi connectivity index (χ3v) is 3.70. The Morgan fingerprint density at radius 1 is 1.44 bits per heavy atom. The number of nitrogens with zero attached hydrogens (tertiary/aromatic N) is 3. The van der Waals surface area contributed by atoms with Gasteiger partial charge in [0.25, 0.3) is 0 Å². The Balaban J connectivity index is 2.35. The predicted molar refractivity (Wildman–Crippen MR) is 65.7 cm³/mol. The lowest BCUT2D eigenvalue weighted by Crippen LogP contribution is -1.94. The van der Waals surface area contributed by atoms with Gasteiger partial charge >= 0.3 is 0 Å². The number of benzene rings is 1. The molecule has 4 nitrogen and oxygen atoms in total. The second-order valence-corrected chi connectivity index (χ2v) is 4.82. The predicted octanol–water partition coefficient (Wildman–Crippen LogP) is 2.51. The van der Waals surface area contributed by atoms with E-state index in [9.17, 15) is 0 Å². The lowest BCUT2D eigenvalue weighted by Gasteiger charge is -2.07. The van der Waals surface area contributed by atoms with Gasteiger partial charge in [-0.05, 0) is 36.4 Å². The van der Waals surface area contributed by atoms with Crippen LogP contribution in [-0.2, 0) is 7.05 Å². The van der Waals surface area contributed by atoms with Crippen molar-refractivity contribution < 1.29 is 0 Å². The maximum atomic E-state index is 5.98. The molecule has 0 bridgehead atoms. The van der Waals surface area contributed by atoms with Crippen molar-refractivity contribution in [2.75, 3.05) is 5.73 Å². The van der Waals surface area contributed by atoms with Gasteiger partial charge in [0.2, 0.25) is 0 Å². The molecule has 0 unspecified atom stereocenters. The van der Waals surface area contributed by atoms with Gasteiger partial charge in [0.1, 0.15) is 6.33 Å². The van der Waals surface area contributed by atoms with E-state index in [1.165, 1.54) is 18.1 Å². The number of rotatable bonds is 2. The molecule has 0 radical (unpaired) electrons. The van der Waals surface area contributed by atoms with Crippen LogP contribution in [0.25, 0.3) is 0 Å². The summed E-state index contributed by atoms with van der Waals surface area (Å²) in [5.74, 6) is 0. The van der Waals surface area contributed by atoms with Crippen molar-refractivity contribution in [2.24, 2.45) is 7.05 Å². The van der Waals surface area contributed by atoms with Gasteiger partial charge in [-0.1, -0.05) is 11.6 Å². The molecule has 1 heterocycles. The first-order valence-electron chi connectivity index (χ1n) is 4.65. The van der Waals surface area contributed by atoms with E-state index in [4.69, 9.17) is 17.3 Å². The zero-order valence-corrected chi connectivity index (χ0v) is 10.5. The fourth-order valence-electron chi connectivity index (χ4n) is 1.27. The highest BCUT2D eigenvalue weighted by molar-refractivity contribution is 7.99. The van der Waals surface area contributed by atoms with Crippen molar-refractivity contribution in [1.82, 2.24) is 14.8 Å². The van der Waals surface area contributed by atoms with Crippen LogP contribution in [0.1, 0.15) is 5.56 Å². The van der Waals surface area contributed by atoms with Crippen molar-refractivity contribution in [3.8, 4) is 0 Å². The Morgan fingerprint density at radius 3 is 2.81 bits per heavy atom. The summed E-state index contributed by atoms with van der Waals surface area (Å²) in [7, 11) is 1.85. The van der Waals surface area contributed by atoms with Crippen LogP contribution in [0, 0.1) is 6.92 Å². The second kappa shape index (κ2) is 4.35. The highest BCUT2D eigenvalue weighted by atomic mass is 35.5. The summed E-state index contributed by atoms with van der Waals surface area (Å²) in [6.45, 7) is 1.99. The fraction of sp³-hybridized carbons (Fsp3) is 0.200. The Bertz CT molecular complexity index is 524. The number of nitrogen functional groups attached to an aromatic ring is 1. The first-order chi connectivity index (χ1) is 7.58. The topological polar surface area (TPSA) is 56.7 Å². The van der Waals surface area contributed by atoms with Crippen molar-refractivity contribution in [3.05, 3.63) is 29.0 Å². The fourth-order valence-corrected chi connectivity index (χ4v) is 2.37. The van der Waals surface area contributed by atoms with Crippen LogP contribution in [-0.4, -0.2) is 14.8 Å². The molecular formula is C10H11ClN4S. The van der Waals surface area contributed by atoms with E-state index in [1.54, 1.807) is 4.68 Å². The molecule has 6 heteroatoms. The van der Waals surface area contributed by atoms with Gasteiger partial charge in [-0.3, -0.25) is 0 Å². The zero-order chi connectivity index (χ0) is 11.7. The third-order valence-electron chi connectivity index (χ3n) is 2.17. The molecule has 16 heavy (non-hydrogen) atoms. The van der Waals surface area contributed by atoms with Crippen molar-refractivity contribution in [1.29, 1.82) is 0 Å². The highest BCUT2D eigenvalue weighted by Crippen LogP contribution is 2.33. The Morgan fingerprint density at radius 2 is 2.19 bits per heavy atom. The quantitative estimate of drug-likeness (QED) is 0.837. The Kier molecular flexibility index (Phi) is 3.07. The first-order valence-corrected chi connectivity index (χ1v) is 5.85. The third kappa shape index (κ3) is 2.15. The van der Waals surface area contributed by atoms with Crippen LogP contribution in [0.5, 0.6) is 0 Å². The number of anilines is 1. The number of aryl methyl sites for hydroxylation is 2.